The molecule has 3 heteroatoms. The number of benzene rings is 3. The molecule has 1 aliphatic heterocycles. The van der Waals surface area contributed by atoms with Gasteiger partial charge in [-0.3, -0.25) is 0 Å². The zero-order valence-electron chi connectivity index (χ0n) is 13.6. The average molecular weight is 327 g/mol. The van der Waals surface area contributed by atoms with E-state index >= 15 is 0 Å². The van der Waals surface area contributed by atoms with Gasteiger partial charge in [-0.1, -0.05) is 78.9 Å². The van der Waals surface area contributed by atoms with Crippen molar-refractivity contribution in [3.63, 3.8) is 0 Å². The van der Waals surface area contributed by atoms with Crippen LogP contribution in [0.4, 0.5) is 0 Å². The Morgan fingerprint density at radius 2 is 1.32 bits per heavy atom. The molecule has 0 aliphatic carbocycles. The normalized spacial score (nSPS) is 19.4. The Bertz CT molecular complexity index is 905. The van der Waals surface area contributed by atoms with E-state index in [0.717, 1.165) is 16.7 Å². The Kier molecular flexibility index (Phi) is 3.90. The van der Waals surface area contributed by atoms with Crippen molar-refractivity contribution in [2.24, 2.45) is 4.99 Å². The molecule has 0 spiro atoms. The molecule has 3 aromatic carbocycles. The van der Waals surface area contributed by atoms with Crippen molar-refractivity contribution in [2.45, 2.75) is 12.0 Å². The summed E-state index contributed by atoms with van der Waals surface area (Å²) >= 11 is 0. The number of aliphatic imine (C=N–C) groups is 1. The quantitative estimate of drug-likeness (QED) is 0.676. The van der Waals surface area contributed by atoms with Crippen molar-refractivity contribution < 1.29 is 9.53 Å². The molecule has 0 aromatic heterocycles. The molecule has 3 aromatic rings. The molecule has 1 atom stereocenters. The van der Waals surface area contributed by atoms with Crippen molar-refractivity contribution in [3.8, 4) is 0 Å². The number of carbonyl (C=O) groups is 1. The lowest BCUT2D eigenvalue weighted by Crippen LogP contribution is -2.33. The third-order valence-electron chi connectivity index (χ3n) is 4.39. The third-order valence-corrected chi connectivity index (χ3v) is 4.39. The van der Waals surface area contributed by atoms with E-state index in [0.29, 0.717) is 12.3 Å². The van der Waals surface area contributed by atoms with Gasteiger partial charge in [0.25, 0.3) is 0 Å². The summed E-state index contributed by atoms with van der Waals surface area (Å²) in [6.45, 7) is 0. The lowest BCUT2D eigenvalue weighted by Gasteiger charge is -2.22. The summed E-state index contributed by atoms with van der Waals surface area (Å²) in [4.78, 5) is 17.7. The zero-order valence-corrected chi connectivity index (χ0v) is 13.6. The summed E-state index contributed by atoms with van der Waals surface area (Å²) in [7, 11) is 0. The number of esters is 1. The van der Waals surface area contributed by atoms with Crippen LogP contribution >= 0.6 is 0 Å². The SMILES string of the molecule is O=C1OC(c2ccccc2)=N[C@]1(Cc1ccccc1)c1ccccc1. The molecular formula is C22H17NO2. The maximum Gasteiger partial charge on any atom is 0.345 e. The highest BCUT2D eigenvalue weighted by Crippen LogP contribution is 2.36. The van der Waals surface area contributed by atoms with E-state index < -0.39 is 5.54 Å². The van der Waals surface area contributed by atoms with Crippen LogP contribution in [0.3, 0.4) is 0 Å². The number of nitrogens with zero attached hydrogens (tertiary/aromatic N) is 1. The van der Waals surface area contributed by atoms with Crippen LogP contribution in [0.1, 0.15) is 16.7 Å². The molecule has 3 nitrogen and oxygen atoms in total. The van der Waals surface area contributed by atoms with Crippen LogP contribution in [0.25, 0.3) is 0 Å². The molecule has 0 unspecified atom stereocenters. The van der Waals surface area contributed by atoms with Gasteiger partial charge in [-0.05, 0) is 23.3 Å². The smallest absolute Gasteiger partial charge is 0.345 e. The van der Waals surface area contributed by atoms with Gasteiger partial charge in [-0.15, -0.1) is 0 Å². The van der Waals surface area contributed by atoms with Gasteiger partial charge < -0.3 is 4.74 Å². The number of ether oxygens (including phenoxy) is 1. The number of rotatable bonds is 4. The van der Waals surface area contributed by atoms with Gasteiger partial charge in [-0.25, -0.2) is 9.79 Å². The summed E-state index contributed by atoms with van der Waals surface area (Å²) in [5, 5.41) is 0. The highest BCUT2D eigenvalue weighted by Gasteiger charge is 2.47. The fraction of sp³-hybridized carbons (Fsp3) is 0.0909. The maximum atomic E-state index is 12.9. The van der Waals surface area contributed by atoms with Crippen LogP contribution in [-0.2, 0) is 21.5 Å². The van der Waals surface area contributed by atoms with Gasteiger partial charge in [0, 0.05) is 12.0 Å². The highest BCUT2D eigenvalue weighted by atomic mass is 16.6. The molecule has 4 rings (SSSR count). The van der Waals surface area contributed by atoms with E-state index in [-0.39, 0.29) is 5.97 Å². The summed E-state index contributed by atoms with van der Waals surface area (Å²) in [6, 6.07) is 29.1. The van der Waals surface area contributed by atoms with Crippen LogP contribution in [0.5, 0.6) is 0 Å². The van der Waals surface area contributed by atoms with Gasteiger partial charge in [0.15, 0.2) is 5.54 Å². The van der Waals surface area contributed by atoms with E-state index in [9.17, 15) is 4.79 Å². The predicted octanol–water partition coefficient (Wildman–Crippen LogP) is 4.13. The van der Waals surface area contributed by atoms with Gasteiger partial charge in [0.2, 0.25) is 5.90 Å². The fourth-order valence-corrected chi connectivity index (χ4v) is 3.12. The van der Waals surface area contributed by atoms with E-state index in [2.05, 4.69) is 0 Å². The van der Waals surface area contributed by atoms with Gasteiger partial charge in [0.1, 0.15) is 0 Å². The molecule has 122 valence electrons. The standard InChI is InChI=1S/C22H17NO2/c24-21-22(19-14-8-3-9-15-19,16-17-10-4-1-5-11-17)23-20(25-21)18-12-6-2-7-13-18/h1-15H,16H2/t22-/m1/s1. The van der Waals surface area contributed by atoms with E-state index in [1.54, 1.807) is 0 Å². The first-order chi connectivity index (χ1) is 12.3. The summed E-state index contributed by atoms with van der Waals surface area (Å²) in [6.07, 6.45) is 0.465. The van der Waals surface area contributed by atoms with E-state index in [1.165, 1.54) is 0 Å². The van der Waals surface area contributed by atoms with Gasteiger partial charge in [0.05, 0.1) is 0 Å². The molecule has 1 aliphatic rings. The van der Waals surface area contributed by atoms with E-state index in [1.807, 2.05) is 91.0 Å². The fourth-order valence-electron chi connectivity index (χ4n) is 3.12. The Hall–Kier alpha value is -3.20. The monoisotopic (exact) mass is 327 g/mol. The molecule has 0 amide bonds. The molecule has 25 heavy (non-hydrogen) atoms. The average Bonchev–Trinajstić information content (AvgIpc) is 3.01. The molecule has 0 saturated heterocycles. The lowest BCUT2D eigenvalue weighted by molar-refractivity contribution is -0.139. The van der Waals surface area contributed by atoms with Crippen molar-refractivity contribution >= 4 is 11.9 Å². The molecule has 0 saturated carbocycles. The maximum absolute atomic E-state index is 12.9. The van der Waals surface area contributed by atoms with Crippen molar-refractivity contribution in [3.05, 3.63) is 108 Å². The topological polar surface area (TPSA) is 38.7 Å². The first-order valence-corrected chi connectivity index (χ1v) is 8.25. The molecule has 0 bridgehead atoms. The molecule has 0 radical (unpaired) electrons. The Morgan fingerprint density at radius 1 is 0.760 bits per heavy atom. The van der Waals surface area contributed by atoms with Crippen LogP contribution in [-0.4, -0.2) is 11.9 Å². The Balaban J connectivity index is 1.83. The second kappa shape index (κ2) is 6.36. The number of cyclic esters (lactones) is 1. The first kappa shape index (κ1) is 15.3. The minimum atomic E-state index is -1.05. The second-order valence-electron chi connectivity index (χ2n) is 6.06. The molecular weight excluding hydrogens is 310 g/mol. The number of hydrogen-bond donors (Lipinski definition) is 0. The van der Waals surface area contributed by atoms with E-state index in [4.69, 9.17) is 9.73 Å². The lowest BCUT2D eigenvalue weighted by atomic mass is 9.84. The summed E-state index contributed by atoms with van der Waals surface area (Å²) < 4.78 is 5.60. The van der Waals surface area contributed by atoms with Gasteiger partial charge >= 0.3 is 5.97 Å². The highest BCUT2D eigenvalue weighted by molar-refractivity contribution is 6.08. The van der Waals surface area contributed by atoms with Crippen LogP contribution in [0.2, 0.25) is 0 Å². The molecule has 0 N–H and O–H groups in total. The third kappa shape index (κ3) is 2.85. The first-order valence-electron chi connectivity index (χ1n) is 8.25. The van der Waals surface area contributed by atoms with Crippen LogP contribution in [0.15, 0.2) is 96.0 Å². The molecule has 0 fully saturated rings. The van der Waals surface area contributed by atoms with Gasteiger partial charge in [-0.2, -0.15) is 0 Å². The Morgan fingerprint density at radius 3 is 1.96 bits per heavy atom. The minimum Gasteiger partial charge on any atom is -0.405 e. The zero-order chi connectivity index (χ0) is 17.1. The summed E-state index contributed by atoms with van der Waals surface area (Å²) in [5.41, 5.74) is 1.64. The van der Waals surface area contributed by atoms with Crippen molar-refractivity contribution in [2.75, 3.05) is 0 Å². The van der Waals surface area contributed by atoms with Crippen LogP contribution in [0, 0.1) is 0 Å². The van der Waals surface area contributed by atoms with Crippen molar-refractivity contribution in [1.29, 1.82) is 0 Å². The molecule has 1 heterocycles. The predicted molar refractivity (Wildman–Crippen MR) is 97.3 cm³/mol. The number of hydrogen-bond acceptors (Lipinski definition) is 3. The van der Waals surface area contributed by atoms with Crippen molar-refractivity contribution in [1.82, 2.24) is 0 Å². The van der Waals surface area contributed by atoms with Crippen LogP contribution < -0.4 is 0 Å². The largest absolute Gasteiger partial charge is 0.405 e. The Labute approximate surface area is 146 Å². The number of carbonyl (C=O) groups excluding carboxylic acids is 1. The minimum absolute atomic E-state index is 0.332. The summed E-state index contributed by atoms with van der Waals surface area (Å²) in [5.74, 6) is 0.0480. The second-order valence-corrected chi connectivity index (χ2v) is 6.06.